The van der Waals surface area contributed by atoms with Crippen LogP contribution in [0.15, 0.2) is 47.6 Å². The first-order valence-electron chi connectivity index (χ1n) is 10.3. The number of aryl methyl sites for hydroxylation is 2. The van der Waals surface area contributed by atoms with Gasteiger partial charge in [-0.25, -0.2) is 9.97 Å². The Labute approximate surface area is 210 Å². The van der Waals surface area contributed by atoms with Crippen molar-refractivity contribution in [2.24, 2.45) is 4.99 Å². The number of nitrogens with zero attached hydrogens (tertiary/aromatic N) is 3. The fourth-order valence-corrected chi connectivity index (χ4v) is 3.77. The zero-order chi connectivity index (χ0) is 22.1. The molecule has 32 heavy (non-hydrogen) atoms. The van der Waals surface area contributed by atoms with E-state index in [2.05, 4.69) is 32.5 Å². The molecule has 7 nitrogen and oxygen atoms in total. The lowest BCUT2D eigenvalue weighted by molar-refractivity contribution is 0.319. The molecule has 0 saturated heterocycles. The van der Waals surface area contributed by atoms with Crippen LogP contribution in [0, 0.1) is 13.8 Å². The molecular formula is C23H30IN5O2S. The molecule has 0 saturated carbocycles. The van der Waals surface area contributed by atoms with E-state index >= 15 is 0 Å². The Hall–Kier alpha value is -2.40. The summed E-state index contributed by atoms with van der Waals surface area (Å²) in [5.41, 5.74) is 2.14. The molecule has 0 atom stereocenters. The van der Waals surface area contributed by atoms with Crippen molar-refractivity contribution < 1.29 is 9.47 Å². The summed E-state index contributed by atoms with van der Waals surface area (Å²) in [6.07, 6.45) is 2.66. The van der Waals surface area contributed by atoms with E-state index in [1.807, 2.05) is 50.2 Å². The number of rotatable bonds is 9. The highest BCUT2D eigenvalue weighted by Crippen LogP contribution is 2.30. The van der Waals surface area contributed by atoms with Crippen LogP contribution in [0.25, 0.3) is 0 Å². The Bertz CT molecular complexity index is 988. The van der Waals surface area contributed by atoms with Gasteiger partial charge in [0.05, 0.1) is 17.3 Å². The number of halogens is 1. The first kappa shape index (κ1) is 25.9. The number of guanidine groups is 1. The third-order valence-electron chi connectivity index (χ3n) is 4.55. The number of aliphatic imine (C=N–C) groups is 1. The van der Waals surface area contributed by atoms with Crippen molar-refractivity contribution >= 4 is 41.3 Å². The second kappa shape index (κ2) is 13.2. The van der Waals surface area contributed by atoms with Crippen LogP contribution in [0.4, 0.5) is 0 Å². The topological polar surface area (TPSA) is 80.7 Å². The SMILES string of the molecule is CCOc1ccccc1Oc1ccc(CNC(=NC)NCCc2nc(C)c(C)s2)cn1.I. The normalized spacial score (nSPS) is 10.9. The predicted octanol–water partition coefficient (Wildman–Crippen LogP) is 4.87. The van der Waals surface area contributed by atoms with E-state index in [-0.39, 0.29) is 24.0 Å². The molecule has 0 aliphatic carbocycles. The molecular weight excluding hydrogens is 537 g/mol. The van der Waals surface area contributed by atoms with Gasteiger partial charge < -0.3 is 20.1 Å². The van der Waals surface area contributed by atoms with Gasteiger partial charge in [0.25, 0.3) is 0 Å². The zero-order valence-electron chi connectivity index (χ0n) is 18.8. The number of thiazole rings is 1. The summed E-state index contributed by atoms with van der Waals surface area (Å²) in [5.74, 6) is 2.62. The molecule has 0 bridgehead atoms. The third kappa shape index (κ3) is 7.63. The van der Waals surface area contributed by atoms with E-state index in [1.54, 1.807) is 24.6 Å². The number of aromatic nitrogens is 2. The maximum absolute atomic E-state index is 5.87. The highest BCUT2D eigenvalue weighted by molar-refractivity contribution is 14.0. The monoisotopic (exact) mass is 567 g/mol. The van der Waals surface area contributed by atoms with Gasteiger partial charge in [0.15, 0.2) is 17.5 Å². The maximum atomic E-state index is 5.87. The quantitative estimate of drug-likeness (QED) is 0.218. The highest BCUT2D eigenvalue weighted by Gasteiger charge is 2.07. The van der Waals surface area contributed by atoms with Gasteiger partial charge in [0.1, 0.15) is 0 Å². The smallest absolute Gasteiger partial charge is 0.219 e. The molecule has 3 rings (SSSR count). The molecule has 1 aromatic carbocycles. The third-order valence-corrected chi connectivity index (χ3v) is 5.68. The summed E-state index contributed by atoms with van der Waals surface area (Å²) in [7, 11) is 1.76. The Morgan fingerprint density at radius 1 is 1.09 bits per heavy atom. The second-order valence-corrected chi connectivity index (χ2v) is 8.13. The fraction of sp³-hybridized carbons (Fsp3) is 0.348. The summed E-state index contributed by atoms with van der Waals surface area (Å²) >= 11 is 1.75. The Kier molecular flexibility index (Phi) is 10.7. The first-order valence-corrected chi connectivity index (χ1v) is 11.1. The summed E-state index contributed by atoms with van der Waals surface area (Å²) < 4.78 is 11.5. The van der Waals surface area contributed by atoms with Crippen LogP contribution in [-0.4, -0.2) is 36.1 Å². The summed E-state index contributed by atoms with van der Waals surface area (Å²) in [6.45, 7) is 8.06. The van der Waals surface area contributed by atoms with Crippen LogP contribution in [-0.2, 0) is 13.0 Å². The summed E-state index contributed by atoms with van der Waals surface area (Å²) in [6, 6.07) is 11.4. The molecule has 0 radical (unpaired) electrons. The van der Waals surface area contributed by atoms with Crippen LogP contribution < -0.4 is 20.1 Å². The molecule has 2 N–H and O–H groups in total. The Morgan fingerprint density at radius 3 is 2.50 bits per heavy atom. The summed E-state index contributed by atoms with van der Waals surface area (Å²) in [4.78, 5) is 14.5. The van der Waals surface area contributed by atoms with Gasteiger partial charge in [0.2, 0.25) is 5.88 Å². The highest BCUT2D eigenvalue weighted by atomic mass is 127. The van der Waals surface area contributed by atoms with Crippen molar-refractivity contribution in [3.8, 4) is 17.4 Å². The predicted molar refractivity (Wildman–Crippen MR) is 141 cm³/mol. The van der Waals surface area contributed by atoms with Gasteiger partial charge in [0, 0.05) is 43.7 Å². The van der Waals surface area contributed by atoms with Gasteiger partial charge in [-0.05, 0) is 38.5 Å². The molecule has 2 heterocycles. The van der Waals surface area contributed by atoms with Crippen molar-refractivity contribution in [2.45, 2.75) is 33.7 Å². The van der Waals surface area contributed by atoms with Crippen LogP contribution in [0.5, 0.6) is 17.4 Å². The zero-order valence-corrected chi connectivity index (χ0v) is 22.0. The van der Waals surface area contributed by atoms with Crippen LogP contribution in [0.2, 0.25) is 0 Å². The molecule has 0 amide bonds. The van der Waals surface area contributed by atoms with Gasteiger partial charge in [-0.1, -0.05) is 18.2 Å². The standard InChI is InChI=1S/C23H29N5O2S.HI/c1-5-29-19-8-6-7-9-20(19)30-21-11-10-18(14-26-21)15-27-23(24-4)25-13-12-22-28-16(2)17(3)31-22;/h6-11,14H,5,12-13,15H2,1-4H3,(H2,24,25,27);1H. The number of hydrogen-bond donors (Lipinski definition) is 2. The van der Waals surface area contributed by atoms with Gasteiger partial charge in [-0.2, -0.15) is 0 Å². The first-order chi connectivity index (χ1) is 15.1. The van der Waals surface area contributed by atoms with E-state index in [1.165, 1.54) is 4.88 Å². The molecule has 2 aromatic heterocycles. The van der Waals surface area contributed by atoms with Gasteiger partial charge in [-0.15, -0.1) is 35.3 Å². The van der Waals surface area contributed by atoms with Crippen molar-refractivity contribution in [2.75, 3.05) is 20.2 Å². The number of hydrogen-bond acceptors (Lipinski definition) is 6. The molecule has 172 valence electrons. The lowest BCUT2D eigenvalue weighted by Gasteiger charge is -2.12. The van der Waals surface area contributed by atoms with Crippen molar-refractivity contribution in [3.63, 3.8) is 0 Å². The molecule has 0 unspecified atom stereocenters. The summed E-state index contributed by atoms with van der Waals surface area (Å²) in [5, 5.41) is 7.77. The Balaban J connectivity index is 0.00000363. The van der Waals surface area contributed by atoms with Crippen LogP contribution in [0.1, 0.15) is 28.1 Å². The van der Waals surface area contributed by atoms with Crippen LogP contribution in [0.3, 0.4) is 0 Å². The molecule has 3 aromatic rings. The average molecular weight is 567 g/mol. The molecule has 0 fully saturated rings. The average Bonchev–Trinajstić information content (AvgIpc) is 3.10. The van der Waals surface area contributed by atoms with Gasteiger partial charge >= 0.3 is 0 Å². The van der Waals surface area contributed by atoms with Crippen LogP contribution >= 0.6 is 35.3 Å². The van der Waals surface area contributed by atoms with E-state index in [0.717, 1.165) is 35.2 Å². The van der Waals surface area contributed by atoms with Crippen molar-refractivity contribution in [1.82, 2.24) is 20.6 Å². The van der Waals surface area contributed by atoms with E-state index < -0.39 is 0 Å². The number of benzene rings is 1. The largest absolute Gasteiger partial charge is 0.490 e. The maximum Gasteiger partial charge on any atom is 0.219 e. The fourth-order valence-electron chi connectivity index (χ4n) is 2.84. The van der Waals surface area contributed by atoms with E-state index in [9.17, 15) is 0 Å². The lowest BCUT2D eigenvalue weighted by atomic mass is 10.3. The molecule has 0 aliphatic rings. The minimum Gasteiger partial charge on any atom is -0.490 e. The molecule has 9 heteroatoms. The van der Waals surface area contributed by atoms with E-state index in [4.69, 9.17) is 9.47 Å². The van der Waals surface area contributed by atoms with Crippen molar-refractivity contribution in [1.29, 1.82) is 0 Å². The Morgan fingerprint density at radius 2 is 1.88 bits per heavy atom. The number of nitrogens with one attached hydrogen (secondary N) is 2. The molecule has 0 aliphatic heterocycles. The van der Waals surface area contributed by atoms with E-state index in [0.29, 0.717) is 30.5 Å². The van der Waals surface area contributed by atoms with Crippen molar-refractivity contribution in [3.05, 3.63) is 63.7 Å². The number of para-hydroxylation sites is 2. The minimum atomic E-state index is 0. The second-order valence-electron chi connectivity index (χ2n) is 6.84. The minimum absolute atomic E-state index is 0. The molecule has 0 spiro atoms. The number of pyridine rings is 1. The van der Waals surface area contributed by atoms with Gasteiger partial charge in [-0.3, -0.25) is 4.99 Å². The number of ether oxygens (including phenoxy) is 2. The lowest BCUT2D eigenvalue weighted by Crippen LogP contribution is -2.37.